The minimum Gasteiger partial charge on any atom is -0.461 e. The lowest BCUT2D eigenvalue weighted by atomic mass is 10.0. The second kappa shape index (κ2) is 4.22. The van der Waals surface area contributed by atoms with Crippen LogP contribution in [0.2, 0.25) is 0 Å². The van der Waals surface area contributed by atoms with E-state index < -0.39 is 12.0 Å². The molecule has 0 aliphatic carbocycles. The van der Waals surface area contributed by atoms with E-state index in [0.717, 1.165) is 6.26 Å². The molecule has 0 amide bonds. The quantitative estimate of drug-likeness (QED) is 0.867. The molecule has 0 bridgehead atoms. The summed E-state index contributed by atoms with van der Waals surface area (Å²) < 4.78 is 32.1. The van der Waals surface area contributed by atoms with Crippen molar-refractivity contribution in [1.82, 2.24) is 5.32 Å². The third-order valence-corrected chi connectivity index (χ3v) is 2.76. The molecule has 0 spiro atoms. The first-order chi connectivity index (χ1) is 7.63. The Bertz CT molecular complexity index is 495. The van der Waals surface area contributed by atoms with E-state index in [0.29, 0.717) is 16.5 Å². The minimum atomic E-state index is -1.16. The third-order valence-electron chi connectivity index (χ3n) is 2.76. The van der Waals surface area contributed by atoms with E-state index in [1.54, 1.807) is 26.1 Å². The monoisotopic (exact) mass is 225 g/mol. The molecule has 0 saturated heterocycles. The number of likely N-dealkylation sites (N-methyl/N-ethyl adjacent to an activating group) is 1. The summed E-state index contributed by atoms with van der Waals surface area (Å²) in [4.78, 5) is 0. The summed E-state index contributed by atoms with van der Waals surface area (Å²) in [5, 5.41) is 3.15. The topological polar surface area (TPSA) is 25.2 Å². The van der Waals surface area contributed by atoms with Gasteiger partial charge in [-0.25, -0.2) is 8.78 Å². The lowest BCUT2D eigenvalue weighted by Gasteiger charge is -2.15. The van der Waals surface area contributed by atoms with Crippen LogP contribution in [-0.4, -0.2) is 13.1 Å². The van der Waals surface area contributed by atoms with E-state index in [9.17, 15) is 8.78 Å². The third kappa shape index (κ3) is 1.80. The number of nitrogens with one attached hydrogen (secondary N) is 1. The minimum absolute atomic E-state index is 0.313. The van der Waals surface area contributed by atoms with Gasteiger partial charge in [0.05, 0.1) is 5.39 Å². The fraction of sp³-hybridized carbons (Fsp3) is 0.333. The highest BCUT2D eigenvalue weighted by Crippen LogP contribution is 2.27. The zero-order valence-corrected chi connectivity index (χ0v) is 9.13. The Hall–Kier alpha value is -1.42. The highest BCUT2D eigenvalue weighted by molar-refractivity contribution is 5.78. The van der Waals surface area contributed by atoms with E-state index in [4.69, 9.17) is 4.42 Å². The zero-order chi connectivity index (χ0) is 11.7. The lowest BCUT2D eigenvalue weighted by molar-refractivity contribution is 0.275. The van der Waals surface area contributed by atoms with Crippen LogP contribution in [-0.2, 0) is 0 Å². The standard InChI is InChI=1S/C12H13F2NO/c1-7(15-2)12(14)8-3-4-11-9(5-8)10(13)6-16-11/h3-7,12,15H,1-2H3. The average Bonchev–Trinajstić information content (AvgIpc) is 2.68. The van der Waals surface area contributed by atoms with E-state index in [1.807, 2.05) is 0 Å². The molecule has 1 aromatic heterocycles. The Kier molecular flexibility index (Phi) is 2.92. The molecule has 4 heteroatoms. The van der Waals surface area contributed by atoms with E-state index in [-0.39, 0.29) is 6.04 Å². The second-order valence-electron chi connectivity index (χ2n) is 3.82. The van der Waals surface area contributed by atoms with Crippen LogP contribution in [0.4, 0.5) is 8.78 Å². The Morgan fingerprint density at radius 3 is 2.81 bits per heavy atom. The molecule has 86 valence electrons. The zero-order valence-electron chi connectivity index (χ0n) is 9.13. The maximum Gasteiger partial charge on any atom is 0.169 e. The van der Waals surface area contributed by atoms with Gasteiger partial charge in [-0.2, -0.15) is 0 Å². The van der Waals surface area contributed by atoms with E-state index in [1.165, 1.54) is 6.07 Å². The molecule has 2 rings (SSSR count). The molecular weight excluding hydrogens is 212 g/mol. The summed E-state index contributed by atoms with van der Waals surface area (Å²) in [5.41, 5.74) is 0.889. The highest BCUT2D eigenvalue weighted by Gasteiger charge is 2.18. The van der Waals surface area contributed by atoms with Crippen molar-refractivity contribution in [3.63, 3.8) is 0 Å². The first-order valence-corrected chi connectivity index (χ1v) is 5.11. The summed E-state index contributed by atoms with van der Waals surface area (Å²) in [6, 6.07) is 4.38. The van der Waals surface area contributed by atoms with E-state index in [2.05, 4.69) is 5.32 Å². The number of alkyl halides is 1. The lowest BCUT2D eigenvalue weighted by Crippen LogP contribution is -2.26. The van der Waals surface area contributed by atoms with Gasteiger partial charge in [0.15, 0.2) is 5.82 Å². The number of hydrogen-bond acceptors (Lipinski definition) is 2. The predicted molar refractivity (Wildman–Crippen MR) is 58.5 cm³/mol. The molecule has 16 heavy (non-hydrogen) atoms. The Morgan fingerprint density at radius 2 is 2.12 bits per heavy atom. The summed E-state index contributed by atoms with van der Waals surface area (Å²) >= 11 is 0. The average molecular weight is 225 g/mol. The van der Waals surface area contributed by atoms with Gasteiger partial charge < -0.3 is 9.73 Å². The van der Waals surface area contributed by atoms with Gasteiger partial charge in [-0.05, 0) is 31.7 Å². The van der Waals surface area contributed by atoms with Crippen molar-refractivity contribution in [2.75, 3.05) is 7.05 Å². The molecule has 2 unspecified atom stereocenters. The Labute approximate surface area is 92.2 Å². The highest BCUT2D eigenvalue weighted by atomic mass is 19.1. The Morgan fingerprint density at radius 1 is 1.38 bits per heavy atom. The van der Waals surface area contributed by atoms with Crippen molar-refractivity contribution in [3.05, 3.63) is 35.8 Å². The van der Waals surface area contributed by atoms with Crippen LogP contribution in [0.15, 0.2) is 28.9 Å². The molecule has 0 radical (unpaired) electrons. The predicted octanol–water partition coefficient (Wildman–Crippen LogP) is 3.19. The number of fused-ring (bicyclic) bond motifs is 1. The SMILES string of the molecule is CNC(C)C(F)c1ccc2occ(F)c2c1. The normalized spacial score (nSPS) is 15.2. The van der Waals surface area contributed by atoms with Crippen molar-refractivity contribution in [1.29, 1.82) is 0 Å². The molecule has 0 fully saturated rings. The first kappa shape index (κ1) is 11.1. The Balaban J connectivity index is 2.41. The molecule has 1 N–H and O–H groups in total. The number of furan rings is 1. The van der Waals surface area contributed by atoms with Gasteiger partial charge in [-0.3, -0.25) is 0 Å². The van der Waals surface area contributed by atoms with Crippen LogP contribution in [0.5, 0.6) is 0 Å². The number of hydrogen-bond donors (Lipinski definition) is 1. The van der Waals surface area contributed by atoms with Crippen LogP contribution < -0.4 is 5.32 Å². The molecule has 0 aliphatic heterocycles. The number of rotatable bonds is 3. The van der Waals surface area contributed by atoms with E-state index >= 15 is 0 Å². The van der Waals surface area contributed by atoms with Crippen LogP contribution >= 0.6 is 0 Å². The van der Waals surface area contributed by atoms with Gasteiger partial charge in [0, 0.05) is 6.04 Å². The van der Waals surface area contributed by atoms with Crippen molar-refractivity contribution >= 4 is 11.0 Å². The smallest absolute Gasteiger partial charge is 0.169 e. The molecule has 2 aromatic rings. The molecular formula is C12H13F2NO. The fourth-order valence-corrected chi connectivity index (χ4v) is 1.62. The maximum atomic E-state index is 13.9. The van der Waals surface area contributed by atoms with Gasteiger partial charge in [-0.15, -0.1) is 0 Å². The second-order valence-corrected chi connectivity index (χ2v) is 3.82. The molecule has 1 heterocycles. The first-order valence-electron chi connectivity index (χ1n) is 5.11. The van der Waals surface area contributed by atoms with Gasteiger partial charge >= 0.3 is 0 Å². The maximum absolute atomic E-state index is 13.9. The van der Waals surface area contributed by atoms with Crippen molar-refractivity contribution in [3.8, 4) is 0 Å². The molecule has 1 aromatic carbocycles. The number of benzene rings is 1. The molecule has 2 nitrogen and oxygen atoms in total. The van der Waals surface area contributed by atoms with Gasteiger partial charge in [0.25, 0.3) is 0 Å². The van der Waals surface area contributed by atoms with Crippen LogP contribution in [0.3, 0.4) is 0 Å². The van der Waals surface area contributed by atoms with Gasteiger partial charge in [0.2, 0.25) is 0 Å². The fourth-order valence-electron chi connectivity index (χ4n) is 1.62. The summed E-state index contributed by atoms with van der Waals surface area (Å²) in [6.07, 6.45) is -0.132. The van der Waals surface area contributed by atoms with Crippen molar-refractivity contribution < 1.29 is 13.2 Å². The van der Waals surface area contributed by atoms with Crippen LogP contribution in [0.1, 0.15) is 18.7 Å². The number of halogens is 2. The molecule has 0 aliphatic rings. The summed E-state index contributed by atoms with van der Waals surface area (Å²) in [5.74, 6) is -0.457. The van der Waals surface area contributed by atoms with Crippen LogP contribution in [0, 0.1) is 5.82 Å². The molecule has 0 saturated carbocycles. The van der Waals surface area contributed by atoms with Crippen molar-refractivity contribution in [2.45, 2.75) is 19.1 Å². The largest absolute Gasteiger partial charge is 0.461 e. The molecule has 2 atom stereocenters. The van der Waals surface area contributed by atoms with Gasteiger partial charge in [0.1, 0.15) is 18.0 Å². The van der Waals surface area contributed by atoms with Crippen LogP contribution in [0.25, 0.3) is 11.0 Å². The van der Waals surface area contributed by atoms with Crippen molar-refractivity contribution in [2.24, 2.45) is 0 Å². The summed E-state index contributed by atoms with van der Waals surface area (Å²) in [7, 11) is 1.69. The van der Waals surface area contributed by atoms with Gasteiger partial charge in [-0.1, -0.05) is 6.07 Å². The summed E-state index contributed by atoms with van der Waals surface area (Å²) in [6.45, 7) is 1.74.